The average molecular weight is 232 g/mol. The van der Waals surface area contributed by atoms with Crippen LogP contribution in [0.4, 0.5) is 5.69 Å². The molecule has 0 aliphatic heterocycles. The lowest BCUT2D eigenvalue weighted by atomic mass is 10.3. The van der Waals surface area contributed by atoms with E-state index >= 15 is 0 Å². The van der Waals surface area contributed by atoms with Gasteiger partial charge in [-0.2, -0.15) is 5.10 Å². The van der Waals surface area contributed by atoms with Gasteiger partial charge >= 0.3 is 0 Å². The topological polar surface area (TPSA) is 63.0 Å². The normalized spacial score (nSPS) is 10.5. The highest BCUT2D eigenvalue weighted by atomic mass is 16.3. The van der Waals surface area contributed by atoms with Crippen LogP contribution in [0.5, 0.6) is 5.75 Å². The number of rotatable bonds is 4. The highest BCUT2D eigenvalue weighted by Gasteiger charge is 2.05. The lowest BCUT2D eigenvalue weighted by molar-refractivity contribution is 0.472. The van der Waals surface area contributed by atoms with Crippen molar-refractivity contribution in [3.63, 3.8) is 0 Å². The van der Waals surface area contributed by atoms with E-state index in [-0.39, 0.29) is 5.75 Å². The first kappa shape index (κ1) is 11.4. The molecule has 0 bridgehead atoms. The third-order valence-electron chi connectivity index (χ3n) is 2.51. The Labute approximate surface area is 100 Å². The molecule has 0 unspecified atom stereocenters. The Morgan fingerprint density at radius 1 is 1.41 bits per heavy atom. The lowest BCUT2D eigenvalue weighted by Gasteiger charge is -2.04. The van der Waals surface area contributed by atoms with Crippen molar-refractivity contribution in [1.29, 1.82) is 0 Å². The van der Waals surface area contributed by atoms with Gasteiger partial charge in [0, 0.05) is 13.2 Å². The first-order chi connectivity index (χ1) is 8.19. The van der Waals surface area contributed by atoms with Crippen molar-refractivity contribution >= 4 is 5.69 Å². The third kappa shape index (κ3) is 2.75. The molecular weight excluding hydrogens is 216 g/mol. The predicted octanol–water partition coefficient (Wildman–Crippen LogP) is 1.70. The molecule has 5 heteroatoms. The molecule has 17 heavy (non-hydrogen) atoms. The molecule has 0 aromatic carbocycles. The summed E-state index contributed by atoms with van der Waals surface area (Å²) in [6.07, 6.45) is 4.30. The minimum atomic E-state index is 0.185. The van der Waals surface area contributed by atoms with Crippen molar-refractivity contribution < 1.29 is 5.11 Å². The maximum atomic E-state index is 9.13. The summed E-state index contributed by atoms with van der Waals surface area (Å²) in [5.74, 6) is 0.185. The van der Waals surface area contributed by atoms with Crippen molar-refractivity contribution in [1.82, 2.24) is 14.8 Å². The van der Waals surface area contributed by atoms with Crippen LogP contribution >= 0.6 is 0 Å². The van der Waals surface area contributed by atoms with E-state index in [0.717, 1.165) is 23.5 Å². The predicted molar refractivity (Wildman–Crippen MR) is 65.8 cm³/mol. The first-order valence-corrected chi connectivity index (χ1v) is 5.59. The summed E-state index contributed by atoms with van der Waals surface area (Å²) in [5, 5.41) is 16.8. The van der Waals surface area contributed by atoms with Gasteiger partial charge in [0.25, 0.3) is 0 Å². The Morgan fingerprint density at radius 3 is 2.88 bits per heavy atom. The SMILES string of the molecule is CCc1nn(C)cc1NCc1ccc(O)cn1. The van der Waals surface area contributed by atoms with Gasteiger partial charge in [0.2, 0.25) is 0 Å². The van der Waals surface area contributed by atoms with E-state index < -0.39 is 0 Å². The number of nitrogens with one attached hydrogen (secondary N) is 1. The fourth-order valence-electron chi connectivity index (χ4n) is 1.65. The number of nitrogens with zero attached hydrogens (tertiary/aromatic N) is 3. The summed E-state index contributed by atoms with van der Waals surface area (Å²) in [5.41, 5.74) is 2.96. The molecule has 5 nitrogen and oxygen atoms in total. The molecule has 0 fully saturated rings. The molecule has 0 aliphatic rings. The quantitative estimate of drug-likeness (QED) is 0.842. The van der Waals surface area contributed by atoms with Gasteiger partial charge in [0.15, 0.2) is 0 Å². The molecule has 2 N–H and O–H groups in total. The molecule has 0 atom stereocenters. The second-order valence-electron chi connectivity index (χ2n) is 3.88. The molecule has 0 saturated heterocycles. The number of aromatic nitrogens is 3. The van der Waals surface area contributed by atoms with Crippen LogP contribution in [-0.4, -0.2) is 19.9 Å². The molecule has 2 aromatic rings. The van der Waals surface area contributed by atoms with Crippen molar-refractivity contribution in [2.75, 3.05) is 5.32 Å². The van der Waals surface area contributed by atoms with Crippen LogP contribution in [0.15, 0.2) is 24.5 Å². The van der Waals surface area contributed by atoms with Gasteiger partial charge in [-0.25, -0.2) is 0 Å². The van der Waals surface area contributed by atoms with Gasteiger partial charge in [-0.1, -0.05) is 6.92 Å². The summed E-state index contributed by atoms with van der Waals surface area (Å²) in [4.78, 5) is 4.12. The zero-order chi connectivity index (χ0) is 12.3. The van der Waals surface area contributed by atoms with Gasteiger partial charge in [-0.15, -0.1) is 0 Å². The minimum Gasteiger partial charge on any atom is -0.506 e. The summed E-state index contributed by atoms with van der Waals surface area (Å²) in [6, 6.07) is 3.43. The van der Waals surface area contributed by atoms with E-state index in [4.69, 9.17) is 5.11 Å². The van der Waals surface area contributed by atoms with Gasteiger partial charge in [0.1, 0.15) is 5.75 Å². The molecule has 0 saturated carbocycles. The van der Waals surface area contributed by atoms with E-state index in [2.05, 4.69) is 22.3 Å². The zero-order valence-electron chi connectivity index (χ0n) is 10.0. The van der Waals surface area contributed by atoms with E-state index in [1.807, 2.05) is 13.2 Å². The van der Waals surface area contributed by atoms with Crippen LogP contribution < -0.4 is 5.32 Å². The Hall–Kier alpha value is -2.04. The van der Waals surface area contributed by atoms with Crippen LogP contribution in [0, 0.1) is 0 Å². The van der Waals surface area contributed by atoms with Gasteiger partial charge in [0.05, 0.1) is 29.8 Å². The fraction of sp³-hybridized carbons (Fsp3) is 0.333. The number of anilines is 1. The smallest absolute Gasteiger partial charge is 0.133 e. The second-order valence-corrected chi connectivity index (χ2v) is 3.88. The van der Waals surface area contributed by atoms with Crippen molar-refractivity contribution in [3.8, 4) is 5.75 Å². The summed E-state index contributed by atoms with van der Waals surface area (Å²) >= 11 is 0. The molecule has 0 amide bonds. The number of hydrogen-bond acceptors (Lipinski definition) is 4. The molecule has 2 aromatic heterocycles. The zero-order valence-corrected chi connectivity index (χ0v) is 10.0. The number of pyridine rings is 1. The Morgan fingerprint density at radius 2 is 2.24 bits per heavy atom. The van der Waals surface area contributed by atoms with Crippen LogP contribution in [0.2, 0.25) is 0 Å². The second kappa shape index (κ2) is 4.86. The Kier molecular flexibility index (Phi) is 3.27. The maximum Gasteiger partial charge on any atom is 0.133 e. The maximum absolute atomic E-state index is 9.13. The summed E-state index contributed by atoms with van der Waals surface area (Å²) in [7, 11) is 1.91. The van der Waals surface area contributed by atoms with Crippen LogP contribution in [-0.2, 0) is 20.0 Å². The van der Waals surface area contributed by atoms with Crippen LogP contribution in [0.3, 0.4) is 0 Å². The average Bonchev–Trinajstić information content (AvgIpc) is 2.69. The molecular formula is C12H16N4O. The van der Waals surface area contributed by atoms with Crippen molar-refractivity contribution in [2.24, 2.45) is 7.05 Å². The van der Waals surface area contributed by atoms with Gasteiger partial charge < -0.3 is 10.4 Å². The summed E-state index contributed by atoms with van der Waals surface area (Å²) < 4.78 is 1.80. The largest absolute Gasteiger partial charge is 0.506 e. The number of aryl methyl sites for hydroxylation is 2. The monoisotopic (exact) mass is 232 g/mol. The molecule has 0 aliphatic carbocycles. The Balaban J connectivity index is 2.04. The molecule has 0 radical (unpaired) electrons. The number of hydrogen-bond donors (Lipinski definition) is 2. The van der Waals surface area contributed by atoms with E-state index in [1.54, 1.807) is 16.8 Å². The molecule has 2 heterocycles. The van der Waals surface area contributed by atoms with E-state index in [1.165, 1.54) is 6.20 Å². The van der Waals surface area contributed by atoms with Crippen LogP contribution in [0.25, 0.3) is 0 Å². The van der Waals surface area contributed by atoms with Gasteiger partial charge in [-0.05, 0) is 18.6 Å². The van der Waals surface area contributed by atoms with E-state index in [9.17, 15) is 0 Å². The lowest BCUT2D eigenvalue weighted by Crippen LogP contribution is -2.02. The van der Waals surface area contributed by atoms with Gasteiger partial charge in [-0.3, -0.25) is 9.67 Å². The summed E-state index contributed by atoms with van der Waals surface area (Å²) in [6.45, 7) is 2.70. The fourth-order valence-corrected chi connectivity index (χ4v) is 1.65. The first-order valence-electron chi connectivity index (χ1n) is 5.59. The molecule has 90 valence electrons. The Bertz CT molecular complexity index is 490. The molecule has 0 spiro atoms. The molecule has 2 rings (SSSR count). The van der Waals surface area contributed by atoms with Crippen LogP contribution in [0.1, 0.15) is 18.3 Å². The van der Waals surface area contributed by atoms with E-state index in [0.29, 0.717) is 6.54 Å². The minimum absolute atomic E-state index is 0.185. The highest BCUT2D eigenvalue weighted by molar-refractivity contribution is 5.46. The standard InChI is InChI=1S/C12H16N4O/c1-3-11-12(8-16(2)15-11)14-6-9-4-5-10(17)7-13-9/h4-5,7-8,14,17H,3,6H2,1-2H3. The highest BCUT2D eigenvalue weighted by Crippen LogP contribution is 2.15. The number of aromatic hydroxyl groups is 1. The third-order valence-corrected chi connectivity index (χ3v) is 2.51. The van der Waals surface area contributed by atoms with Crippen molar-refractivity contribution in [2.45, 2.75) is 19.9 Å². The van der Waals surface area contributed by atoms with Crippen molar-refractivity contribution in [3.05, 3.63) is 35.9 Å².